The molecule has 0 saturated carbocycles. The number of nitrogens with one attached hydrogen (secondary N) is 1. The Kier molecular flexibility index (Phi) is 3.83. The Balaban J connectivity index is 1.51. The number of nitrogens with zero attached hydrogens (tertiary/aromatic N) is 5. The Labute approximate surface area is 136 Å². The first kappa shape index (κ1) is 14.6. The molecule has 0 radical (unpaired) electrons. The molecule has 0 bridgehead atoms. The van der Waals surface area contributed by atoms with Gasteiger partial charge in [-0.05, 0) is 12.1 Å². The van der Waals surface area contributed by atoms with Gasteiger partial charge in [0.1, 0.15) is 6.54 Å². The predicted molar refractivity (Wildman–Crippen MR) is 84.7 cm³/mol. The van der Waals surface area contributed by atoms with Crippen molar-refractivity contribution in [1.29, 1.82) is 0 Å². The Hall–Kier alpha value is -2.94. The molecule has 9 heteroatoms. The standard InChI is InChI=1S/C15H16N6O3/c22-14-8-11(20-5-3-16-4-6-20)9-17-21(14)10-13-18-15(24-19-13)12-2-1-7-23-12/h1-2,7-9,16H,3-6,10H2. The maximum absolute atomic E-state index is 12.3. The molecule has 1 saturated heterocycles. The summed E-state index contributed by atoms with van der Waals surface area (Å²) in [5.74, 6) is 1.13. The Morgan fingerprint density at radius 2 is 2.17 bits per heavy atom. The highest BCUT2D eigenvalue weighted by atomic mass is 16.5. The van der Waals surface area contributed by atoms with E-state index in [0.29, 0.717) is 11.6 Å². The minimum atomic E-state index is -0.199. The van der Waals surface area contributed by atoms with Gasteiger partial charge in [0, 0.05) is 32.2 Å². The van der Waals surface area contributed by atoms with Crippen molar-refractivity contribution in [2.75, 3.05) is 31.1 Å². The van der Waals surface area contributed by atoms with E-state index in [0.717, 1.165) is 31.9 Å². The lowest BCUT2D eigenvalue weighted by Gasteiger charge is -2.28. The van der Waals surface area contributed by atoms with E-state index in [1.54, 1.807) is 24.4 Å². The summed E-state index contributed by atoms with van der Waals surface area (Å²) in [7, 11) is 0. The van der Waals surface area contributed by atoms with E-state index in [4.69, 9.17) is 8.94 Å². The lowest BCUT2D eigenvalue weighted by Crippen LogP contribution is -2.44. The van der Waals surface area contributed by atoms with Crippen LogP contribution in [0, 0.1) is 0 Å². The van der Waals surface area contributed by atoms with Crippen molar-refractivity contribution in [3.63, 3.8) is 0 Å². The minimum absolute atomic E-state index is 0.144. The van der Waals surface area contributed by atoms with E-state index in [1.807, 2.05) is 0 Å². The quantitative estimate of drug-likeness (QED) is 0.732. The second-order valence-electron chi connectivity index (χ2n) is 5.44. The van der Waals surface area contributed by atoms with Gasteiger partial charge in [0.15, 0.2) is 11.6 Å². The fourth-order valence-corrected chi connectivity index (χ4v) is 2.59. The van der Waals surface area contributed by atoms with Gasteiger partial charge in [0.05, 0.1) is 18.1 Å². The summed E-state index contributed by atoms with van der Waals surface area (Å²) >= 11 is 0. The molecule has 0 amide bonds. The molecule has 3 aromatic rings. The first-order valence-corrected chi connectivity index (χ1v) is 7.69. The second kappa shape index (κ2) is 6.28. The molecule has 4 heterocycles. The van der Waals surface area contributed by atoms with E-state index >= 15 is 0 Å². The van der Waals surface area contributed by atoms with Gasteiger partial charge < -0.3 is 19.2 Å². The summed E-state index contributed by atoms with van der Waals surface area (Å²) < 4.78 is 11.6. The molecule has 9 nitrogen and oxygen atoms in total. The summed E-state index contributed by atoms with van der Waals surface area (Å²) in [5, 5.41) is 11.4. The van der Waals surface area contributed by atoms with Gasteiger partial charge in [-0.25, -0.2) is 4.68 Å². The van der Waals surface area contributed by atoms with E-state index in [1.165, 1.54) is 10.9 Å². The van der Waals surface area contributed by atoms with Gasteiger partial charge >= 0.3 is 0 Å². The van der Waals surface area contributed by atoms with Gasteiger partial charge in [0.25, 0.3) is 11.4 Å². The summed E-state index contributed by atoms with van der Waals surface area (Å²) in [5.41, 5.74) is 0.637. The molecule has 0 spiro atoms. The SMILES string of the molecule is O=c1cc(N2CCNCC2)cnn1Cc1noc(-c2ccco2)n1. The van der Waals surface area contributed by atoms with Gasteiger partial charge in [-0.1, -0.05) is 5.16 Å². The van der Waals surface area contributed by atoms with Gasteiger partial charge in [-0.15, -0.1) is 0 Å². The third kappa shape index (κ3) is 2.93. The summed E-state index contributed by atoms with van der Waals surface area (Å²) in [6.07, 6.45) is 3.22. The van der Waals surface area contributed by atoms with Crippen LogP contribution in [0.1, 0.15) is 5.82 Å². The Bertz CT molecular complexity index is 863. The number of aromatic nitrogens is 4. The lowest BCUT2D eigenvalue weighted by molar-refractivity contribution is 0.405. The maximum Gasteiger partial charge on any atom is 0.293 e. The van der Waals surface area contributed by atoms with Crippen LogP contribution in [0.4, 0.5) is 5.69 Å². The van der Waals surface area contributed by atoms with Crippen molar-refractivity contribution in [3.05, 3.63) is 46.8 Å². The summed E-state index contributed by atoms with van der Waals surface area (Å²) in [6, 6.07) is 5.05. The Morgan fingerprint density at radius 3 is 2.92 bits per heavy atom. The van der Waals surface area contributed by atoms with Crippen LogP contribution in [0.3, 0.4) is 0 Å². The van der Waals surface area contributed by atoms with E-state index < -0.39 is 0 Å². The molecule has 1 fully saturated rings. The highest BCUT2D eigenvalue weighted by molar-refractivity contribution is 5.44. The zero-order valence-electron chi connectivity index (χ0n) is 12.9. The van der Waals surface area contributed by atoms with Crippen LogP contribution in [-0.4, -0.2) is 46.1 Å². The van der Waals surface area contributed by atoms with E-state index in [-0.39, 0.29) is 18.0 Å². The molecule has 0 atom stereocenters. The highest BCUT2D eigenvalue weighted by Crippen LogP contribution is 2.17. The molecule has 1 aliphatic heterocycles. The third-order valence-corrected chi connectivity index (χ3v) is 3.83. The minimum Gasteiger partial charge on any atom is -0.459 e. The first-order valence-electron chi connectivity index (χ1n) is 7.69. The van der Waals surface area contributed by atoms with Gasteiger partial charge in [0.2, 0.25) is 0 Å². The largest absolute Gasteiger partial charge is 0.459 e. The molecule has 124 valence electrons. The fraction of sp³-hybridized carbons (Fsp3) is 0.333. The van der Waals surface area contributed by atoms with Gasteiger partial charge in [-0.2, -0.15) is 10.1 Å². The van der Waals surface area contributed by atoms with Crippen molar-refractivity contribution >= 4 is 5.69 Å². The number of rotatable bonds is 4. The maximum atomic E-state index is 12.3. The molecule has 4 rings (SSSR count). The third-order valence-electron chi connectivity index (χ3n) is 3.83. The number of furan rings is 1. The zero-order chi connectivity index (χ0) is 16.4. The fourth-order valence-electron chi connectivity index (χ4n) is 2.59. The van der Waals surface area contributed by atoms with Crippen LogP contribution in [0.25, 0.3) is 11.7 Å². The normalized spacial score (nSPS) is 14.9. The monoisotopic (exact) mass is 328 g/mol. The van der Waals surface area contributed by atoms with Crippen molar-refractivity contribution < 1.29 is 8.94 Å². The number of piperazine rings is 1. The smallest absolute Gasteiger partial charge is 0.293 e. The molecule has 24 heavy (non-hydrogen) atoms. The lowest BCUT2D eigenvalue weighted by atomic mass is 10.3. The van der Waals surface area contributed by atoms with Crippen LogP contribution in [0.5, 0.6) is 0 Å². The topological polar surface area (TPSA) is 102 Å². The molecule has 0 aliphatic carbocycles. The van der Waals surface area contributed by atoms with Gasteiger partial charge in [-0.3, -0.25) is 4.79 Å². The molecule has 0 unspecified atom stereocenters. The molecule has 0 aromatic carbocycles. The zero-order valence-corrected chi connectivity index (χ0v) is 12.9. The van der Waals surface area contributed by atoms with Crippen molar-refractivity contribution in [2.24, 2.45) is 0 Å². The van der Waals surface area contributed by atoms with Crippen molar-refractivity contribution in [1.82, 2.24) is 25.2 Å². The van der Waals surface area contributed by atoms with Crippen LogP contribution >= 0.6 is 0 Å². The molecule has 1 N–H and O–H groups in total. The predicted octanol–water partition coefficient (Wildman–Crippen LogP) is 0.344. The van der Waals surface area contributed by atoms with Crippen LogP contribution in [0.15, 0.2) is 44.4 Å². The van der Waals surface area contributed by atoms with Crippen LogP contribution < -0.4 is 15.8 Å². The average Bonchev–Trinajstić information content (AvgIpc) is 3.29. The van der Waals surface area contributed by atoms with Crippen molar-refractivity contribution in [3.8, 4) is 11.7 Å². The highest BCUT2D eigenvalue weighted by Gasteiger charge is 2.14. The number of hydrogen-bond acceptors (Lipinski definition) is 8. The second-order valence-corrected chi connectivity index (χ2v) is 5.44. The molecular formula is C15H16N6O3. The molecule has 3 aromatic heterocycles. The average molecular weight is 328 g/mol. The van der Waals surface area contributed by atoms with E-state index in [9.17, 15) is 4.79 Å². The van der Waals surface area contributed by atoms with Crippen LogP contribution in [0.2, 0.25) is 0 Å². The first-order chi connectivity index (χ1) is 11.8. The summed E-state index contributed by atoms with van der Waals surface area (Å²) in [4.78, 5) is 18.6. The van der Waals surface area contributed by atoms with Crippen LogP contribution in [-0.2, 0) is 6.54 Å². The van der Waals surface area contributed by atoms with E-state index in [2.05, 4.69) is 25.5 Å². The Morgan fingerprint density at radius 1 is 1.29 bits per heavy atom. The van der Waals surface area contributed by atoms with Crippen molar-refractivity contribution in [2.45, 2.75) is 6.54 Å². The molecular weight excluding hydrogens is 312 g/mol. The molecule has 1 aliphatic rings. The number of hydrogen-bond donors (Lipinski definition) is 1. The summed E-state index contributed by atoms with van der Waals surface area (Å²) in [6.45, 7) is 3.68. The number of anilines is 1.